The number of rotatable bonds is 5. The smallest absolute Gasteiger partial charge is 0.229 e. The van der Waals surface area contributed by atoms with Crippen LogP contribution >= 0.6 is 15.9 Å². The molecule has 0 saturated carbocycles. The van der Waals surface area contributed by atoms with Gasteiger partial charge in [-0.2, -0.15) is 0 Å². The van der Waals surface area contributed by atoms with Crippen LogP contribution in [0.5, 0.6) is 0 Å². The molecule has 1 aliphatic heterocycles. The molecule has 2 amide bonds. The monoisotopic (exact) mass is 404 g/mol. The molecular formula is C19H18BrFN2O2. The standard InChI is InChI=1S/C19H18BrFN2O2/c20-15-2-1-3-17(11-15)22-19(25)14-10-18(24)23(12-14)9-8-13-4-6-16(21)7-5-13/h1-7,11,14H,8-10,12H2,(H,22,25)/t14-/m1/s1. The number of amides is 2. The number of nitrogens with one attached hydrogen (secondary N) is 1. The van der Waals surface area contributed by atoms with Gasteiger partial charge >= 0.3 is 0 Å². The van der Waals surface area contributed by atoms with Crippen molar-refractivity contribution >= 4 is 33.4 Å². The third-order valence-corrected chi connectivity index (χ3v) is 4.75. The van der Waals surface area contributed by atoms with Crippen LogP contribution in [0.4, 0.5) is 10.1 Å². The first-order valence-corrected chi connectivity index (χ1v) is 8.89. The summed E-state index contributed by atoms with van der Waals surface area (Å²) in [4.78, 5) is 26.2. The van der Waals surface area contributed by atoms with Crippen molar-refractivity contribution in [3.63, 3.8) is 0 Å². The number of carbonyl (C=O) groups excluding carboxylic acids is 2. The van der Waals surface area contributed by atoms with Gasteiger partial charge in [-0.25, -0.2) is 4.39 Å². The van der Waals surface area contributed by atoms with E-state index in [0.717, 1.165) is 10.0 Å². The molecule has 25 heavy (non-hydrogen) atoms. The quantitative estimate of drug-likeness (QED) is 0.826. The molecule has 1 fully saturated rings. The number of hydrogen-bond donors (Lipinski definition) is 1. The van der Waals surface area contributed by atoms with Crippen molar-refractivity contribution in [2.75, 3.05) is 18.4 Å². The Morgan fingerprint density at radius 3 is 2.72 bits per heavy atom. The molecule has 2 aromatic carbocycles. The van der Waals surface area contributed by atoms with Crippen LogP contribution in [0, 0.1) is 11.7 Å². The van der Waals surface area contributed by atoms with Gasteiger partial charge in [-0.15, -0.1) is 0 Å². The number of hydrogen-bond acceptors (Lipinski definition) is 2. The molecule has 0 bridgehead atoms. The molecule has 1 saturated heterocycles. The maximum atomic E-state index is 12.9. The number of halogens is 2. The van der Waals surface area contributed by atoms with E-state index >= 15 is 0 Å². The Morgan fingerprint density at radius 2 is 2.00 bits per heavy atom. The highest BCUT2D eigenvalue weighted by Gasteiger charge is 2.34. The van der Waals surface area contributed by atoms with Gasteiger partial charge in [0.05, 0.1) is 5.92 Å². The summed E-state index contributed by atoms with van der Waals surface area (Å²) in [7, 11) is 0. The van der Waals surface area contributed by atoms with Crippen molar-refractivity contribution in [2.24, 2.45) is 5.92 Å². The van der Waals surface area contributed by atoms with E-state index in [0.29, 0.717) is 25.2 Å². The fraction of sp³-hybridized carbons (Fsp3) is 0.263. The highest BCUT2D eigenvalue weighted by molar-refractivity contribution is 9.10. The van der Waals surface area contributed by atoms with Crippen LogP contribution in [-0.2, 0) is 16.0 Å². The summed E-state index contributed by atoms with van der Waals surface area (Å²) in [5, 5.41) is 2.86. The van der Waals surface area contributed by atoms with E-state index in [-0.39, 0.29) is 30.0 Å². The molecule has 0 spiro atoms. The first-order valence-electron chi connectivity index (χ1n) is 8.10. The van der Waals surface area contributed by atoms with Crippen molar-refractivity contribution in [3.8, 4) is 0 Å². The molecule has 2 aromatic rings. The zero-order valence-corrected chi connectivity index (χ0v) is 15.1. The van der Waals surface area contributed by atoms with Crippen LogP contribution in [0.15, 0.2) is 53.0 Å². The molecule has 0 aromatic heterocycles. The van der Waals surface area contributed by atoms with Crippen LogP contribution in [0.3, 0.4) is 0 Å². The summed E-state index contributed by atoms with van der Waals surface area (Å²) < 4.78 is 13.8. The minimum Gasteiger partial charge on any atom is -0.342 e. The van der Waals surface area contributed by atoms with E-state index in [1.807, 2.05) is 24.3 Å². The number of benzene rings is 2. The van der Waals surface area contributed by atoms with Crippen molar-refractivity contribution in [2.45, 2.75) is 12.8 Å². The first kappa shape index (κ1) is 17.6. The molecule has 0 unspecified atom stereocenters. The molecule has 0 aliphatic carbocycles. The minimum absolute atomic E-state index is 0.0171. The van der Waals surface area contributed by atoms with E-state index in [1.54, 1.807) is 17.0 Å². The predicted octanol–water partition coefficient (Wildman–Crippen LogP) is 3.62. The van der Waals surface area contributed by atoms with Crippen LogP contribution in [0.25, 0.3) is 0 Å². The SMILES string of the molecule is O=C(Nc1cccc(Br)c1)[C@@H]1CC(=O)N(CCc2ccc(F)cc2)C1. The highest BCUT2D eigenvalue weighted by atomic mass is 79.9. The lowest BCUT2D eigenvalue weighted by molar-refractivity contribution is -0.128. The third-order valence-electron chi connectivity index (χ3n) is 4.26. The number of carbonyl (C=O) groups is 2. The number of nitrogens with zero attached hydrogens (tertiary/aromatic N) is 1. The predicted molar refractivity (Wildman–Crippen MR) is 97.6 cm³/mol. The lowest BCUT2D eigenvalue weighted by atomic mass is 10.1. The molecular weight excluding hydrogens is 387 g/mol. The van der Waals surface area contributed by atoms with Gasteiger partial charge < -0.3 is 10.2 Å². The van der Waals surface area contributed by atoms with Gasteiger partial charge in [0.2, 0.25) is 11.8 Å². The Hall–Kier alpha value is -2.21. The Labute approximate surface area is 154 Å². The molecule has 3 rings (SSSR count). The Balaban J connectivity index is 1.54. The van der Waals surface area contributed by atoms with E-state index in [2.05, 4.69) is 21.2 Å². The lowest BCUT2D eigenvalue weighted by Crippen LogP contribution is -2.30. The summed E-state index contributed by atoms with van der Waals surface area (Å²) in [5.74, 6) is -0.780. The van der Waals surface area contributed by atoms with Gasteiger partial charge in [-0.3, -0.25) is 9.59 Å². The van der Waals surface area contributed by atoms with Gasteiger partial charge in [-0.1, -0.05) is 34.1 Å². The van der Waals surface area contributed by atoms with Crippen molar-refractivity contribution in [3.05, 3.63) is 64.4 Å². The van der Waals surface area contributed by atoms with Crippen LogP contribution in [-0.4, -0.2) is 29.8 Å². The first-order chi connectivity index (χ1) is 12.0. The molecule has 4 nitrogen and oxygen atoms in total. The van der Waals surface area contributed by atoms with Gasteiger partial charge in [0.1, 0.15) is 5.82 Å². The number of likely N-dealkylation sites (tertiary alicyclic amines) is 1. The zero-order chi connectivity index (χ0) is 17.8. The van der Waals surface area contributed by atoms with Crippen LogP contribution < -0.4 is 5.32 Å². The maximum absolute atomic E-state index is 12.9. The summed E-state index contributed by atoms with van der Waals surface area (Å²) >= 11 is 3.36. The van der Waals surface area contributed by atoms with Gasteiger partial charge in [0.25, 0.3) is 0 Å². The van der Waals surface area contributed by atoms with Crippen molar-refractivity contribution in [1.29, 1.82) is 0 Å². The molecule has 1 atom stereocenters. The zero-order valence-electron chi connectivity index (χ0n) is 13.5. The van der Waals surface area contributed by atoms with E-state index in [1.165, 1.54) is 12.1 Å². The number of anilines is 1. The maximum Gasteiger partial charge on any atom is 0.229 e. The van der Waals surface area contributed by atoms with E-state index in [9.17, 15) is 14.0 Å². The molecule has 6 heteroatoms. The summed E-state index contributed by atoms with van der Waals surface area (Å²) in [6.07, 6.45) is 0.870. The average Bonchev–Trinajstić information content (AvgIpc) is 2.95. The normalized spacial score (nSPS) is 17.0. The second kappa shape index (κ2) is 7.78. The summed E-state index contributed by atoms with van der Waals surface area (Å²) in [6.45, 7) is 0.949. The third kappa shape index (κ3) is 4.66. The van der Waals surface area contributed by atoms with Gasteiger partial charge in [-0.05, 0) is 42.3 Å². The Morgan fingerprint density at radius 1 is 1.24 bits per heavy atom. The Kier molecular flexibility index (Phi) is 5.48. The molecule has 1 aliphatic rings. The van der Waals surface area contributed by atoms with E-state index < -0.39 is 0 Å². The van der Waals surface area contributed by atoms with Gasteiger partial charge in [0.15, 0.2) is 0 Å². The van der Waals surface area contributed by atoms with Crippen LogP contribution in [0.2, 0.25) is 0 Å². The minimum atomic E-state index is -0.348. The summed E-state index contributed by atoms with van der Waals surface area (Å²) in [5.41, 5.74) is 1.67. The van der Waals surface area contributed by atoms with Gasteiger partial charge in [0, 0.05) is 29.7 Å². The fourth-order valence-electron chi connectivity index (χ4n) is 2.89. The van der Waals surface area contributed by atoms with Crippen molar-refractivity contribution in [1.82, 2.24) is 4.90 Å². The molecule has 0 radical (unpaired) electrons. The fourth-order valence-corrected chi connectivity index (χ4v) is 3.29. The molecule has 130 valence electrons. The second-order valence-corrected chi connectivity index (χ2v) is 7.03. The van der Waals surface area contributed by atoms with E-state index in [4.69, 9.17) is 0 Å². The summed E-state index contributed by atoms with van der Waals surface area (Å²) in [6, 6.07) is 13.6. The lowest BCUT2D eigenvalue weighted by Gasteiger charge is -2.16. The molecule has 1 heterocycles. The average molecular weight is 405 g/mol. The largest absolute Gasteiger partial charge is 0.342 e. The van der Waals surface area contributed by atoms with Crippen molar-refractivity contribution < 1.29 is 14.0 Å². The highest BCUT2D eigenvalue weighted by Crippen LogP contribution is 2.22. The van der Waals surface area contributed by atoms with Crippen LogP contribution in [0.1, 0.15) is 12.0 Å². The Bertz CT molecular complexity index is 779. The molecule has 1 N–H and O–H groups in total. The second-order valence-electron chi connectivity index (χ2n) is 6.12. The topological polar surface area (TPSA) is 49.4 Å².